The molecule has 24 heavy (non-hydrogen) atoms. The van der Waals surface area contributed by atoms with Crippen LogP contribution in [0, 0.1) is 0 Å². The number of nitrogens with zero attached hydrogens (tertiary/aromatic N) is 1. The number of hydrogen-bond donors (Lipinski definition) is 0. The van der Waals surface area contributed by atoms with E-state index in [9.17, 15) is 0 Å². The monoisotopic (exact) mass is 323 g/mol. The van der Waals surface area contributed by atoms with Crippen LogP contribution < -0.4 is 14.4 Å². The largest absolute Gasteiger partial charge is 0.454 e. The SMILES string of the molecule is c1c2c(cc3c1CCN1Cc4c(ccc5c4OCO5)CC31)OOC2. The van der Waals surface area contributed by atoms with E-state index >= 15 is 0 Å². The first-order valence-electron chi connectivity index (χ1n) is 8.46. The summed E-state index contributed by atoms with van der Waals surface area (Å²) in [5, 5.41) is 0. The highest BCUT2D eigenvalue weighted by molar-refractivity contribution is 5.54. The zero-order valence-corrected chi connectivity index (χ0v) is 13.2. The summed E-state index contributed by atoms with van der Waals surface area (Å²) in [4.78, 5) is 13.0. The van der Waals surface area contributed by atoms with Crippen molar-refractivity contribution in [3.8, 4) is 17.2 Å². The van der Waals surface area contributed by atoms with E-state index < -0.39 is 0 Å². The highest BCUT2D eigenvalue weighted by Gasteiger charge is 2.36. The molecule has 1 atom stereocenters. The Hall–Kier alpha value is -2.24. The number of benzene rings is 2. The van der Waals surface area contributed by atoms with Crippen molar-refractivity contribution in [3.05, 3.63) is 52.1 Å². The van der Waals surface area contributed by atoms with Crippen LogP contribution in [-0.4, -0.2) is 18.2 Å². The van der Waals surface area contributed by atoms with Crippen LogP contribution in [0.25, 0.3) is 0 Å². The second-order valence-corrected chi connectivity index (χ2v) is 6.88. The molecule has 122 valence electrons. The molecule has 0 N–H and O–H groups in total. The standard InChI is InChI=1S/C19H17NO4/c1-2-17-19(22-10-21-17)15-8-20-4-3-12-5-13-9-23-24-18(13)7-14(12)16(20)6-11(1)15/h1-2,5,7,16H,3-4,6,8-10H2. The Kier molecular flexibility index (Phi) is 2.54. The molecule has 4 aliphatic heterocycles. The van der Waals surface area contributed by atoms with Gasteiger partial charge in [-0.1, -0.05) is 6.07 Å². The number of hydrogen-bond acceptors (Lipinski definition) is 5. The molecule has 4 aliphatic rings. The highest BCUT2D eigenvalue weighted by atomic mass is 17.2. The van der Waals surface area contributed by atoms with Gasteiger partial charge in [-0.3, -0.25) is 4.90 Å². The van der Waals surface area contributed by atoms with Gasteiger partial charge in [-0.2, -0.15) is 4.89 Å². The van der Waals surface area contributed by atoms with Crippen molar-refractivity contribution in [2.45, 2.75) is 32.0 Å². The van der Waals surface area contributed by atoms with Crippen molar-refractivity contribution >= 4 is 0 Å². The van der Waals surface area contributed by atoms with Gasteiger partial charge >= 0.3 is 0 Å². The van der Waals surface area contributed by atoms with Gasteiger partial charge in [0.05, 0.1) is 0 Å². The first-order chi connectivity index (χ1) is 11.9. The summed E-state index contributed by atoms with van der Waals surface area (Å²) < 4.78 is 11.3. The molecule has 4 heterocycles. The van der Waals surface area contributed by atoms with Crippen LogP contribution in [0.4, 0.5) is 0 Å². The van der Waals surface area contributed by atoms with Crippen LogP contribution >= 0.6 is 0 Å². The van der Waals surface area contributed by atoms with Gasteiger partial charge in [0.15, 0.2) is 17.2 Å². The van der Waals surface area contributed by atoms with Crippen molar-refractivity contribution < 1.29 is 19.2 Å². The van der Waals surface area contributed by atoms with E-state index in [1.807, 2.05) is 6.07 Å². The molecule has 0 fully saturated rings. The number of fused-ring (bicyclic) bond motifs is 7. The predicted molar refractivity (Wildman–Crippen MR) is 85.0 cm³/mol. The number of rotatable bonds is 0. The Bertz CT molecular complexity index is 863. The van der Waals surface area contributed by atoms with Crippen molar-refractivity contribution in [2.75, 3.05) is 13.3 Å². The lowest BCUT2D eigenvalue weighted by molar-refractivity contribution is -0.194. The molecule has 6 rings (SSSR count). The van der Waals surface area contributed by atoms with Gasteiger partial charge in [-0.05, 0) is 47.7 Å². The summed E-state index contributed by atoms with van der Waals surface area (Å²) >= 11 is 0. The minimum Gasteiger partial charge on any atom is -0.454 e. The van der Waals surface area contributed by atoms with Gasteiger partial charge in [0.2, 0.25) is 6.79 Å². The van der Waals surface area contributed by atoms with Gasteiger partial charge in [0.25, 0.3) is 0 Å². The van der Waals surface area contributed by atoms with Crippen LogP contribution in [0.5, 0.6) is 17.2 Å². The van der Waals surface area contributed by atoms with E-state index in [-0.39, 0.29) is 0 Å². The van der Waals surface area contributed by atoms with E-state index in [4.69, 9.17) is 19.2 Å². The molecule has 0 saturated heterocycles. The zero-order chi connectivity index (χ0) is 15.7. The first-order valence-corrected chi connectivity index (χ1v) is 8.46. The Labute approximate surface area is 139 Å². The lowest BCUT2D eigenvalue weighted by Gasteiger charge is -2.41. The van der Waals surface area contributed by atoms with Crippen LogP contribution in [0.2, 0.25) is 0 Å². The summed E-state index contributed by atoms with van der Waals surface area (Å²) in [5.74, 6) is 2.71. The second-order valence-electron chi connectivity index (χ2n) is 6.88. The molecule has 0 aromatic heterocycles. The van der Waals surface area contributed by atoms with Gasteiger partial charge in [-0.25, -0.2) is 0 Å². The molecule has 0 bridgehead atoms. The van der Waals surface area contributed by atoms with E-state index in [0.717, 1.165) is 43.2 Å². The summed E-state index contributed by atoms with van der Waals surface area (Å²) in [5.41, 5.74) is 6.65. The fourth-order valence-corrected chi connectivity index (χ4v) is 4.46. The van der Waals surface area contributed by atoms with E-state index in [1.54, 1.807) is 0 Å². The van der Waals surface area contributed by atoms with Gasteiger partial charge in [0.1, 0.15) is 6.61 Å². The third kappa shape index (κ3) is 1.71. The molecule has 2 aromatic rings. The van der Waals surface area contributed by atoms with Crippen LogP contribution in [0.1, 0.15) is 33.9 Å². The predicted octanol–water partition coefficient (Wildman–Crippen LogP) is 2.89. The fourth-order valence-electron chi connectivity index (χ4n) is 4.46. The molecule has 0 amide bonds. The summed E-state index contributed by atoms with van der Waals surface area (Å²) in [6.45, 7) is 2.88. The Morgan fingerprint density at radius 3 is 3.00 bits per heavy atom. The maximum Gasteiger partial charge on any atom is 0.231 e. The maximum atomic E-state index is 5.72. The summed E-state index contributed by atoms with van der Waals surface area (Å²) in [7, 11) is 0. The zero-order valence-electron chi connectivity index (χ0n) is 13.2. The quantitative estimate of drug-likeness (QED) is 0.697. The lowest BCUT2D eigenvalue weighted by Crippen LogP contribution is -2.39. The van der Waals surface area contributed by atoms with E-state index in [0.29, 0.717) is 19.4 Å². The van der Waals surface area contributed by atoms with E-state index in [1.165, 1.54) is 27.8 Å². The Balaban J connectivity index is 1.45. The van der Waals surface area contributed by atoms with Gasteiger partial charge in [-0.15, -0.1) is 0 Å². The van der Waals surface area contributed by atoms with Crippen molar-refractivity contribution in [1.29, 1.82) is 0 Å². The third-order valence-electron chi connectivity index (χ3n) is 5.67. The summed E-state index contributed by atoms with van der Waals surface area (Å²) in [6, 6.07) is 9.09. The lowest BCUT2D eigenvalue weighted by atomic mass is 9.83. The van der Waals surface area contributed by atoms with Gasteiger partial charge in [0, 0.05) is 30.3 Å². The van der Waals surface area contributed by atoms with Crippen LogP contribution in [-0.2, 0) is 30.9 Å². The van der Waals surface area contributed by atoms with Crippen molar-refractivity contribution in [1.82, 2.24) is 4.90 Å². The smallest absolute Gasteiger partial charge is 0.231 e. The molecule has 0 saturated carbocycles. The van der Waals surface area contributed by atoms with Gasteiger partial charge < -0.3 is 14.4 Å². The summed E-state index contributed by atoms with van der Waals surface area (Å²) in [6.07, 6.45) is 2.07. The molecule has 5 heteroatoms. The maximum absolute atomic E-state index is 5.72. The van der Waals surface area contributed by atoms with E-state index in [2.05, 4.69) is 23.1 Å². The topological polar surface area (TPSA) is 40.2 Å². The second kappa shape index (κ2) is 4.65. The molecule has 0 spiro atoms. The minimum atomic E-state index is 0.335. The minimum absolute atomic E-state index is 0.335. The molecule has 5 nitrogen and oxygen atoms in total. The molecule has 2 aromatic carbocycles. The molecule has 0 radical (unpaired) electrons. The van der Waals surface area contributed by atoms with Crippen molar-refractivity contribution in [2.24, 2.45) is 0 Å². The van der Waals surface area contributed by atoms with Crippen molar-refractivity contribution in [3.63, 3.8) is 0 Å². The van der Waals surface area contributed by atoms with Crippen LogP contribution in [0.15, 0.2) is 24.3 Å². The fraction of sp³-hybridized carbons (Fsp3) is 0.368. The molecule has 1 unspecified atom stereocenters. The molecular weight excluding hydrogens is 306 g/mol. The highest BCUT2D eigenvalue weighted by Crippen LogP contribution is 2.46. The van der Waals surface area contributed by atoms with Crippen LogP contribution in [0.3, 0.4) is 0 Å². The average Bonchev–Trinajstić information content (AvgIpc) is 3.26. The first kappa shape index (κ1) is 13.1. The molecular formula is C19H17NO4. The number of ether oxygens (including phenoxy) is 2. The Morgan fingerprint density at radius 1 is 1.00 bits per heavy atom. The Morgan fingerprint density at radius 2 is 2.00 bits per heavy atom. The third-order valence-corrected chi connectivity index (χ3v) is 5.67. The molecule has 0 aliphatic carbocycles. The average molecular weight is 323 g/mol. The normalized spacial score (nSPS) is 23.1.